The van der Waals surface area contributed by atoms with Gasteiger partial charge in [0.1, 0.15) is 5.69 Å². The van der Waals surface area contributed by atoms with Gasteiger partial charge in [-0.15, -0.1) is 5.10 Å². The van der Waals surface area contributed by atoms with Crippen LogP contribution in [0.15, 0.2) is 40.9 Å². The number of hydrogen-bond acceptors (Lipinski definition) is 5. The summed E-state index contributed by atoms with van der Waals surface area (Å²) < 4.78 is 7.20. The minimum absolute atomic E-state index is 0.00377. The molecular formula is C15H14ClN5O2. The van der Waals surface area contributed by atoms with Crippen LogP contribution in [0.1, 0.15) is 30.2 Å². The number of benzene rings is 1. The van der Waals surface area contributed by atoms with Crippen molar-refractivity contribution in [2.75, 3.05) is 5.32 Å². The summed E-state index contributed by atoms with van der Waals surface area (Å²) >= 11 is 5.86. The van der Waals surface area contributed by atoms with Crippen molar-refractivity contribution in [3.63, 3.8) is 0 Å². The number of hydrogen-bond donors (Lipinski definition) is 1. The maximum atomic E-state index is 12.1. The summed E-state index contributed by atoms with van der Waals surface area (Å²) in [6.07, 6.45) is 1.83. The van der Waals surface area contributed by atoms with E-state index in [1.807, 2.05) is 20.0 Å². The third kappa shape index (κ3) is 3.40. The standard InChI is InChI=1S/C15H14ClN5O2/c1-9(2)21-7-6-12(20-21)14-18-19-15(23-14)17-13(22)10-4-3-5-11(16)8-10/h3-9H,1-2H3,(H,17,19,22). The van der Waals surface area contributed by atoms with Gasteiger partial charge in [-0.3, -0.25) is 14.8 Å². The van der Waals surface area contributed by atoms with Crippen LogP contribution in [0.25, 0.3) is 11.6 Å². The van der Waals surface area contributed by atoms with Crippen LogP contribution in [-0.4, -0.2) is 25.9 Å². The van der Waals surface area contributed by atoms with E-state index in [1.165, 1.54) is 0 Å². The molecular weight excluding hydrogens is 318 g/mol. The van der Waals surface area contributed by atoms with Crippen molar-refractivity contribution in [1.82, 2.24) is 20.0 Å². The Balaban J connectivity index is 1.75. The summed E-state index contributed by atoms with van der Waals surface area (Å²) in [5.41, 5.74) is 0.954. The van der Waals surface area contributed by atoms with Crippen LogP contribution in [0.5, 0.6) is 0 Å². The smallest absolute Gasteiger partial charge is 0.322 e. The van der Waals surface area contributed by atoms with E-state index < -0.39 is 0 Å². The Kier molecular flexibility index (Phi) is 4.12. The lowest BCUT2D eigenvalue weighted by Gasteiger charge is -2.02. The highest BCUT2D eigenvalue weighted by molar-refractivity contribution is 6.31. The number of aromatic nitrogens is 4. The number of amides is 1. The highest BCUT2D eigenvalue weighted by atomic mass is 35.5. The average molecular weight is 332 g/mol. The van der Waals surface area contributed by atoms with E-state index in [1.54, 1.807) is 35.0 Å². The molecule has 3 rings (SSSR count). The van der Waals surface area contributed by atoms with Crippen molar-refractivity contribution in [3.05, 3.63) is 47.1 Å². The quantitative estimate of drug-likeness (QED) is 0.791. The molecule has 23 heavy (non-hydrogen) atoms. The van der Waals surface area contributed by atoms with Gasteiger partial charge in [0.05, 0.1) is 0 Å². The first-order valence-corrected chi connectivity index (χ1v) is 7.36. The summed E-state index contributed by atoms with van der Waals surface area (Å²) in [6, 6.07) is 8.58. The van der Waals surface area contributed by atoms with Crippen molar-refractivity contribution in [1.29, 1.82) is 0 Å². The summed E-state index contributed by atoms with van der Waals surface area (Å²) in [7, 11) is 0. The molecule has 7 nitrogen and oxygen atoms in total. The Morgan fingerprint density at radius 2 is 2.13 bits per heavy atom. The Labute approximate surface area is 137 Å². The van der Waals surface area contributed by atoms with E-state index in [0.717, 1.165) is 0 Å². The molecule has 1 amide bonds. The fourth-order valence-corrected chi connectivity index (χ4v) is 2.11. The fraction of sp³-hybridized carbons (Fsp3) is 0.200. The molecule has 1 aromatic carbocycles. The van der Waals surface area contributed by atoms with Crippen molar-refractivity contribution in [2.45, 2.75) is 19.9 Å². The van der Waals surface area contributed by atoms with Crippen LogP contribution < -0.4 is 5.32 Å². The van der Waals surface area contributed by atoms with E-state index in [9.17, 15) is 4.79 Å². The third-order valence-corrected chi connectivity index (χ3v) is 3.32. The minimum Gasteiger partial charge on any atom is -0.401 e. The lowest BCUT2D eigenvalue weighted by molar-refractivity contribution is 0.102. The molecule has 0 radical (unpaired) electrons. The normalized spacial score (nSPS) is 11.0. The van der Waals surface area contributed by atoms with Crippen LogP contribution >= 0.6 is 11.6 Å². The molecule has 0 fully saturated rings. The molecule has 0 saturated heterocycles. The minimum atomic E-state index is -0.379. The first-order chi connectivity index (χ1) is 11.0. The number of carbonyl (C=O) groups is 1. The Bertz CT molecular complexity index is 840. The van der Waals surface area contributed by atoms with Crippen LogP contribution in [0.4, 0.5) is 6.01 Å². The Morgan fingerprint density at radius 3 is 2.83 bits per heavy atom. The molecule has 0 spiro atoms. The van der Waals surface area contributed by atoms with E-state index >= 15 is 0 Å². The van der Waals surface area contributed by atoms with Crippen molar-refractivity contribution in [2.24, 2.45) is 0 Å². The van der Waals surface area contributed by atoms with E-state index in [2.05, 4.69) is 20.6 Å². The number of carbonyl (C=O) groups excluding carboxylic acids is 1. The molecule has 0 saturated carbocycles. The zero-order valence-electron chi connectivity index (χ0n) is 12.5. The van der Waals surface area contributed by atoms with Gasteiger partial charge in [-0.05, 0) is 38.1 Å². The van der Waals surface area contributed by atoms with Crippen molar-refractivity contribution in [3.8, 4) is 11.6 Å². The van der Waals surface area contributed by atoms with Gasteiger partial charge in [0.15, 0.2) is 0 Å². The van der Waals surface area contributed by atoms with Gasteiger partial charge in [-0.25, -0.2) is 0 Å². The van der Waals surface area contributed by atoms with E-state index in [0.29, 0.717) is 16.3 Å². The Hall–Kier alpha value is -2.67. The molecule has 0 atom stereocenters. The molecule has 8 heteroatoms. The predicted octanol–water partition coefficient (Wildman–Crippen LogP) is 3.42. The molecule has 1 N–H and O–H groups in total. The second-order valence-electron chi connectivity index (χ2n) is 5.15. The molecule has 2 aromatic heterocycles. The van der Waals surface area contributed by atoms with Gasteiger partial charge in [-0.1, -0.05) is 22.8 Å². The first kappa shape index (κ1) is 15.2. The summed E-state index contributed by atoms with van der Waals surface area (Å²) in [4.78, 5) is 12.1. The van der Waals surface area contributed by atoms with Gasteiger partial charge in [0.25, 0.3) is 11.8 Å². The van der Waals surface area contributed by atoms with Crippen molar-refractivity contribution >= 4 is 23.5 Å². The van der Waals surface area contributed by atoms with E-state index in [-0.39, 0.29) is 23.9 Å². The maximum Gasteiger partial charge on any atom is 0.322 e. The van der Waals surface area contributed by atoms with Crippen molar-refractivity contribution < 1.29 is 9.21 Å². The fourth-order valence-electron chi connectivity index (χ4n) is 1.92. The monoisotopic (exact) mass is 331 g/mol. The van der Waals surface area contributed by atoms with E-state index in [4.69, 9.17) is 16.0 Å². The molecule has 3 aromatic rings. The zero-order valence-corrected chi connectivity index (χ0v) is 13.3. The second kappa shape index (κ2) is 6.21. The summed E-state index contributed by atoms with van der Waals surface area (Å²) in [5, 5.41) is 15.0. The van der Waals surface area contributed by atoms with Crippen LogP contribution in [0.3, 0.4) is 0 Å². The molecule has 0 bridgehead atoms. The number of nitrogens with one attached hydrogen (secondary N) is 1. The average Bonchev–Trinajstić information content (AvgIpc) is 3.15. The first-order valence-electron chi connectivity index (χ1n) is 6.99. The highest BCUT2D eigenvalue weighted by Gasteiger charge is 2.15. The number of halogens is 1. The zero-order chi connectivity index (χ0) is 16.4. The van der Waals surface area contributed by atoms with Crippen LogP contribution in [0, 0.1) is 0 Å². The van der Waals surface area contributed by atoms with Gasteiger partial charge < -0.3 is 4.42 Å². The number of rotatable bonds is 4. The SMILES string of the molecule is CC(C)n1ccc(-c2nnc(NC(=O)c3cccc(Cl)c3)o2)n1. The van der Waals surface area contributed by atoms with Gasteiger partial charge in [0, 0.05) is 22.8 Å². The van der Waals surface area contributed by atoms with Crippen LogP contribution in [0.2, 0.25) is 5.02 Å². The second-order valence-corrected chi connectivity index (χ2v) is 5.59. The number of anilines is 1. The summed E-state index contributed by atoms with van der Waals surface area (Å²) in [6.45, 7) is 4.03. The lowest BCUT2D eigenvalue weighted by atomic mass is 10.2. The Morgan fingerprint density at radius 1 is 1.30 bits per heavy atom. The topological polar surface area (TPSA) is 85.8 Å². The predicted molar refractivity (Wildman–Crippen MR) is 85.3 cm³/mol. The molecule has 0 aliphatic carbocycles. The van der Waals surface area contributed by atoms with Gasteiger partial charge in [-0.2, -0.15) is 5.10 Å². The molecule has 118 valence electrons. The van der Waals surface area contributed by atoms with Gasteiger partial charge in [0.2, 0.25) is 0 Å². The highest BCUT2D eigenvalue weighted by Crippen LogP contribution is 2.19. The molecule has 2 heterocycles. The number of nitrogens with zero attached hydrogens (tertiary/aromatic N) is 4. The van der Waals surface area contributed by atoms with Gasteiger partial charge >= 0.3 is 6.01 Å². The maximum absolute atomic E-state index is 12.1. The third-order valence-electron chi connectivity index (χ3n) is 3.09. The lowest BCUT2D eigenvalue weighted by Crippen LogP contribution is -2.11. The molecule has 0 unspecified atom stereocenters. The molecule has 0 aliphatic heterocycles. The molecule has 0 aliphatic rings. The largest absolute Gasteiger partial charge is 0.401 e. The summed E-state index contributed by atoms with van der Waals surface area (Å²) in [5.74, 6) is -0.138. The van der Waals surface area contributed by atoms with Crippen LogP contribution in [-0.2, 0) is 0 Å².